The maximum absolute atomic E-state index is 13.5. The molecule has 134 valence electrons. The van der Waals surface area contributed by atoms with Crippen LogP contribution in [0.3, 0.4) is 0 Å². The van der Waals surface area contributed by atoms with Crippen molar-refractivity contribution in [2.75, 3.05) is 19.8 Å². The number of amides is 1. The molecule has 0 bridgehead atoms. The van der Waals surface area contributed by atoms with Crippen molar-refractivity contribution in [3.05, 3.63) is 71.0 Å². The van der Waals surface area contributed by atoms with Gasteiger partial charge in [0.15, 0.2) is 0 Å². The van der Waals surface area contributed by atoms with E-state index in [2.05, 4.69) is 17.2 Å². The lowest BCUT2D eigenvalue weighted by molar-refractivity contribution is -0.0605. The van der Waals surface area contributed by atoms with Crippen LogP contribution in [0.15, 0.2) is 48.5 Å². The fourth-order valence-corrected chi connectivity index (χ4v) is 2.68. The summed E-state index contributed by atoms with van der Waals surface area (Å²) in [7, 11) is 0. The van der Waals surface area contributed by atoms with Crippen molar-refractivity contribution in [3.8, 4) is 11.8 Å². The van der Waals surface area contributed by atoms with E-state index in [0.29, 0.717) is 42.7 Å². The van der Waals surface area contributed by atoms with E-state index in [9.17, 15) is 14.3 Å². The minimum absolute atomic E-state index is 0.198. The first-order valence-corrected chi connectivity index (χ1v) is 8.51. The number of hydrogen-bond donors (Lipinski definition) is 2. The molecule has 2 N–H and O–H groups in total. The van der Waals surface area contributed by atoms with Crippen LogP contribution in [0.2, 0.25) is 0 Å². The van der Waals surface area contributed by atoms with Crippen LogP contribution < -0.4 is 5.32 Å². The maximum atomic E-state index is 13.5. The number of nitrogens with one attached hydrogen (secondary N) is 1. The van der Waals surface area contributed by atoms with Crippen LogP contribution in [0.25, 0.3) is 0 Å². The Hall–Kier alpha value is -2.68. The van der Waals surface area contributed by atoms with E-state index >= 15 is 0 Å². The van der Waals surface area contributed by atoms with Gasteiger partial charge in [0.2, 0.25) is 0 Å². The molecular weight excluding hydrogens is 333 g/mol. The number of aliphatic hydroxyl groups is 1. The molecule has 2 aromatic carbocycles. The molecule has 0 aromatic heterocycles. The van der Waals surface area contributed by atoms with Gasteiger partial charge in [-0.25, -0.2) is 4.39 Å². The fraction of sp³-hybridized carbons (Fsp3) is 0.286. The number of carbonyl (C=O) groups is 1. The number of hydrogen-bond acceptors (Lipinski definition) is 3. The van der Waals surface area contributed by atoms with E-state index < -0.39 is 5.60 Å². The Labute approximate surface area is 152 Å². The molecule has 1 fully saturated rings. The van der Waals surface area contributed by atoms with Crippen LogP contribution in [0.1, 0.15) is 34.3 Å². The quantitative estimate of drug-likeness (QED) is 0.834. The van der Waals surface area contributed by atoms with Crippen LogP contribution in [-0.4, -0.2) is 36.4 Å². The molecule has 1 saturated heterocycles. The zero-order valence-electron chi connectivity index (χ0n) is 14.3. The van der Waals surface area contributed by atoms with E-state index in [1.54, 1.807) is 42.5 Å². The van der Waals surface area contributed by atoms with Gasteiger partial charge in [0, 0.05) is 43.7 Å². The molecule has 4 nitrogen and oxygen atoms in total. The third-order valence-corrected chi connectivity index (χ3v) is 4.36. The molecular formula is C21H20FNO3. The summed E-state index contributed by atoms with van der Waals surface area (Å²) < 4.78 is 18.8. The van der Waals surface area contributed by atoms with Gasteiger partial charge in [0.1, 0.15) is 5.82 Å². The van der Waals surface area contributed by atoms with E-state index in [0.717, 1.165) is 0 Å². The number of ether oxygens (including phenoxy) is 1. The second-order valence-corrected chi connectivity index (χ2v) is 6.33. The molecule has 0 atom stereocenters. The van der Waals surface area contributed by atoms with Gasteiger partial charge in [-0.15, -0.1) is 0 Å². The molecule has 26 heavy (non-hydrogen) atoms. The molecule has 1 aliphatic heterocycles. The Balaban J connectivity index is 1.60. The summed E-state index contributed by atoms with van der Waals surface area (Å²) in [6.45, 7) is 1.20. The number of carbonyl (C=O) groups excluding carboxylic acids is 1. The molecule has 0 spiro atoms. The van der Waals surface area contributed by atoms with Gasteiger partial charge < -0.3 is 15.2 Å². The van der Waals surface area contributed by atoms with Crippen molar-refractivity contribution in [2.45, 2.75) is 18.4 Å². The van der Waals surface area contributed by atoms with Gasteiger partial charge in [-0.3, -0.25) is 4.79 Å². The summed E-state index contributed by atoms with van der Waals surface area (Å²) >= 11 is 0. The second-order valence-electron chi connectivity index (χ2n) is 6.33. The maximum Gasteiger partial charge on any atom is 0.251 e. The molecule has 2 aromatic rings. The minimum atomic E-state index is -0.904. The first-order chi connectivity index (χ1) is 12.6. The average molecular weight is 353 g/mol. The van der Waals surface area contributed by atoms with Crippen molar-refractivity contribution in [3.63, 3.8) is 0 Å². The summed E-state index contributed by atoms with van der Waals surface area (Å²) in [6.07, 6.45) is 1.02. The van der Waals surface area contributed by atoms with Crippen LogP contribution in [0, 0.1) is 17.7 Å². The third-order valence-electron chi connectivity index (χ3n) is 4.36. The Bertz CT molecular complexity index is 830. The molecule has 1 aliphatic rings. The van der Waals surface area contributed by atoms with Crippen LogP contribution >= 0.6 is 0 Å². The van der Waals surface area contributed by atoms with Gasteiger partial charge in [0.05, 0.1) is 11.2 Å². The predicted octanol–water partition coefficient (Wildman–Crippen LogP) is 2.50. The highest BCUT2D eigenvalue weighted by molar-refractivity contribution is 5.94. The summed E-state index contributed by atoms with van der Waals surface area (Å²) in [5, 5.41) is 13.1. The Morgan fingerprint density at radius 3 is 2.50 bits per heavy atom. The van der Waals surface area contributed by atoms with Crippen molar-refractivity contribution in [2.24, 2.45) is 0 Å². The topological polar surface area (TPSA) is 58.6 Å². The normalized spacial score (nSPS) is 15.6. The van der Waals surface area contributed by atoms with E-state index in [-0.39, 0.29) is 18.3 Å². The molecule has 0 saturated carbocycles. The van der Waals surface area contributed by atoms with E-state index in [1.807, 2.05) is 0 Å². The lowest BCUT2D eigenvalue weighted by atomic mass is 9.94. The highest BCUT2D eigenvalue weighted by Gasteiger charge is 2.30. The largest absolute Gasteiger partial charge is 0.388 e. The molecule has 0 aliphatic carbocycles. The molecule has 0 radical (unpaired) electrons. The monoisotopic (exact) mass is 353 g/mol. The Kier molecular flexibility index (Phi) is 5.67. The molecule has 0 unspecified atom stereocenters. The van der Waals surface area contributed by atoms with Crippen molar-refractivity contribution < 1.29 is 19.0 Å². The highest BCUT2D eigenvalue weighted by atomic mass is 19.1. The minimum Gasteiger partial charge on any atom is -0.388 e. The lowest BCUT2D eigenvalue weighted by Crippen LogP contribution is -2.46. The SMILES string of the molecule is O=C(NCC1(O)CCOCC1)c1ccc(C#Cc2ccccc2F)cc1. The summed E-state index contributed by atoms with van der Waals surface area (Å²) in [5.74, 6) is 5.05. The smallest absolute Gasteiger partial charge is 0.251 e. The van der Waals surface area contributed by atoms with Crippen LogP contribution in [0.4, 0.5) is 4.39 Å². The van der Waals surface area contributed by atoms with Gasteiger partial charge in [-0.1, -0.05) is 24.0 Å². The van der Waals surface area contributed by atoms with Crippen molar-refractivity contribution in [1.82, 2.24) is 5.32 Å². The van der Waals surface area contributed by atoms with Crippen molar-refractivity contribution >= 4 is 5.91 Å². The summed E-state index contributed by atoms with van der Waals surface area (Å²) in [4.78, 5) is 12.2. The fourth-order valence-electron chi connectivity index (χ4n) is 2.68. The van der Waals surface area contributed by atoms with Gasteiger partial charge in [0.25, 0.3) is 5.91 Å². The summed E-state index contributed by atoms with van der Waals surface area (Å²) in [5.41, 5.74) is 0.600. The first-order valence-electron chi connectivity index (χ1n) is 8.51. The van der Waals surface area contributed by atoms with E-state index in [1.165, 1.54) is 6.07 Å². The third kappa shape index (κ3) is 4.69. The number of benzene rings is 2. The molecule has 1 heterocycles. The standard InChI is InChI=1S/C21H20FNO3/c22-19-4-2-1-3-17(19)8-5-16-6-9-18(10-7-16)20(24)23-15-21(25)11-13-26-14-12-21/h1-4,6-7,9-10,25H,11-15H2,(H,23,24). The predicted molar refractivity (Wildman–Crippen MR) is 96.2 cm³/mol. The highest BCUT2D eigenvalue weighted by Crippen LogP contribution is 2.19. The van der Waals surface area contributed by atoms with Crippen molar-refractivity contribution in [1.29, 1.82) is 0 Å². The lowest BCUT2D eigenvalue weighted by Gasteiger charge is -2.32. The Morgan fingerprint density at radius 2 is 1.81 bits per heavy atom. The molecule has 3 rings (SSSR count). The van der Waals surface area contributed by atoms with Gasteiger partial charge in [-0.05, 0) is 36.4 Å². The molecule has 1 amide bonds. The summed E-state index contributed by atoms with van der Waals surface area (Å²) in [6, 6.07) is 13.1. The Morgan fingerprint density at radius 1 is 1.12 bits per heavy atom. The van der Waals surface area contributed by atoms with E-state index in [4.69, 9.17) is 4.74 Å². The van der Waals surface area contributed by atoms with Gasteiger partial charge >= 0.3 is 0 Å². The van der Waals surface area contributed by atoms with Crippen LogP contribution in [0.5, 0.6) is 0 Å². The van der Waals surface area contributed by atoms with Gasteiger partial charge in [-0.2, -0.15) is 0 Å². The van der Waals surface area contributed by atoms with Crippen LogP contribution in [-0.2, 0) is 4.74 Å². The zero-order valence-corrected chi connectivity index (χ0v) is 14.3. The average Bonchev–Trinajstić information content (AvgIpc) is 2.67. The first kappa shape index (κ1) is 18.1. The molecule has 5 heteroatoms. The zero-order chi connectivity index (χ0) is 18.4. The number of rotatable bonds is 3. The number of halogens is 1. The second kappa shape index (κ2) is 8.13.